The first-order valence-corrected chi connectivity index (χ1v) is 7.69. The zero-order valence-electron chi connectivity index (χ0n) is 12.6. The van der Waals surface area contributed by atoms with Crippen LogP contribution in [0.4, 0.5) is 0 Å². The van der Waals surface area contributed by atoms with E-state index >= 15 is 0 Å². The van der Waals surface area contributed by atoms with Crippen molar-refractivity contribution in [3.8, 4) is 17.1 Å². The molecule has 0 amide bonds. The molecule has 0 N–H and O–H groups in total. The molecular weight excluding hydrogens is 378 g/mol. The van der Waals surface area contributed by atoms with Crippen LogP contribution in [-0.4, -0.2) is 28.2 Å². The summed E-state index contributed by atoms with van der Waals surface area (Å²) >= 11 is 3.25. The smallest absolute Gasteiger partial charge is 0.340 e. The molecule has 2 heterocycles. The number of hydrogen-bond donors (Lipinski definition) is 0. The van der Waals surface area contributed by atoms with E-state index in [1.165, 1.54) is 6.20 Å². The Hall–Kier alpha value is -2.74. The number of carbonyl (C=O) groups excluding carboxylic acids is 1. The molecule has 7 nitrogen and oxygen atoms in total. The van der Waals surface area contributed by atoms with Gasteiger partial charge in [0.1, 0.15) is 5.75 Å². The Balaban J connectivity index is 1.67. The number of nitrogens with zero attached hydrogens (tertiary/aromatic N) is 3. The first kappa shape index (κ1) is 16.1. The van der Waals surface area contributed by atoms with E-state index in [1.54, 1.807) is 25.4 Å². The normalized spacial score (nSPS) is 10.4. The fraction of sp³-hybridized carbons (Fsp3) is 0.125. The third-order valence-electron chi connectivity index (χ3n) is 3.06. The Morgan fingerprint density at radius 3 is 2.96 bits per heavy atom. The average Bonchev–Trinajstić information content (AvgIpc) is 3.09. The van der Waals surface area contributed by atoms with Crippen LogP contribution in [0.3, 0.4) is 0 Å². The molecule has 0 atom stereocenters. The van der Waals surface area contributed by atoms with Gasteiger partial charge in [0, 0.05) is 22.4 Å². The zero-order valence-corrected chi connectivity index (χ0v) is 14.2. The highest BCUT2D eigenvalue weighted by atomic mass is 79.9. The minimum atomic E-state index is -0.523. The molecule has 0 saturated heterocycles. The maximum absolute atomic E-state index is 11.9. The predicted octanol–water partition coefficient (Wildman–Crippen LogP) is 3.26. The van der Waals surface area contributed by atoms with Crippen LogP contribution in [0.15, 0.2) is 51.7 Å². The third-order valence-corrected chi connectivity index (χ3v) is 3.50. The Labute approximate surface area is 145 Å². The molecule has 0 bridgehead atoms. The first-order chi connectivity index (χ1) is 11.7. The molecule has 0 spiro atoms. The van der Waals surface area contributed by atoms with Gasteiger partial charge in [-0.25, -0.2) is 4.79 Å². The van der Waals surface area contributed by atoms with E-state index in [0.717, 1.165) is 5.56 Å². The van der Waals surface area contributed by atoms with Crippen molar-refractivity contribution in [3.63, 3.8) is 0 Å². The minimum Gasteiger partial charge on any atom is -0.497 e. The van der Waals surface area contributed by atoms with E-state index in [4.69, 9.17) is 14.0 Å². The van der Waals surface area contributed by atoms with Gasteiger partial charge in [-0.3, -0.25) is 4.98 Å². The van der Waals surface area contributed by atoms with Crippen LogP contribution in [0.2, 0.25) is 0 Å². The molecule has 3 aromatic rings. The van der Waals surface area contributed by atoms with Crippen LogP contribution < -0.4 is 4.74 Å². The summed E-state index contributed by atoms with van der Waals surface area (Å²) in [5.41, 5.74) is 1.07. The van der Waals surface area contributed by atoms with Crippen molar-refractivity contribution in [2.45, 2.75) is 6.61 Å². The van der Waals surface area contributed by atoms with Gasteiger partial charge in [0.05, 0.1) is 12.7 Å². The van der Waals surface area contributed by atoms with Crippen LogP contribution >= 0.6 is 15.9 Å². The van der Waals surface area contributed by atoms with Crippen molar-refractivity contribution in [2.24, 2.45) is 0 Å². The Morgan fingerprint density at radius 2 is 2.17 bits per heavy atom. The maximum Gasteiger partial charge on any atom is 0.340 e. The summed E-state index contributed by atoms with van der Waals surface area (Å²) in [7, 11) is 1.58. The Bertz CT molecular complexity index is 866. The average molecular weight is 390 g/mol. The van der Waals surface area contributed by atoms with Gasteiger partial charge in [0.15, 0.2) is 6.61 Å². The first-order valence-electron chi connectivity index (χ1n) is 6.90. The van der Waals surface area contributed by atoms with Crippen molar-refractivity contribution < 1.29 is 18.8 Å². The van der Waals surface area contributed by atoms with Crippen molar-refractivity contribution >= 4 is 21.9 Å². The molecule has 3 rings (SSSR count). The van der Waals surface area contributed by atoms with Gasteiger partial charge >= 0.3 is 5.97 Å². The highest BCUT2D eigenvalue weighted by Crippen LogP contribution is 2.21. The lowest BCUT2D eigenvalue weighted by Crippen LogP contribution is -2.05. The van der Waals surface area contributed by atoms with Crippen LogP contribution in [0, 0.1) is 0 Å². The monoisotopic (exact) mass is 389 g/mol. The van der Waals surface area contributed by atoms with Gasteiger partial charge in [0.2, 0.25) is 5.82 Å². The van der Waals surface area contributed by atoms with E-state index in [1.807, 2.05) is 18.2 Å². The molecule has 8 heteroatoms. The van der Waals surface area contributed by atoms with Gasteiger partial charge in [-0.15, -0.1) is 0 Å². The lowest BCUT2D eigenvalue weighted by Gasteiger charge is -2.01. The third kappa shape index (κ3) is 3.77. The van der Waals surface area contributed by atoms with E-state index < -0.39 is 5.97 Å². The van der Waals surface area contributed by atoms with Crippen LogP contribution in [0.25, 0.3) is 11.4 Å². The summed E-state index contributed by atoms with van der Waals surface area (Å²) in [4.78, 5) is 20.1. The summed E-state index contributed by atoms with van der Waals surface area (Å²) in [6, 6.07) is 8.87. The van der Waals surface area contributed by atoms with E-state index in [-0.39, 0.29) is 12.5 Å². The highest BCUT2D eigenvalue weighted by Gasteiger charge is 2.13. The number of rotatable bonds is 5. The van der Waals surface area contributed by atoms with Crippen LogP contribution in [0.1, 0.15) is 16.2 Å². The van der Waals surface area contributed by atoms with Crippen molar-refractivity contribution in [2.75, 3.05) is 7.11 Å². The molecule has 122 valence electrons. The van der Waals surface area contributed by atoms with Crippen molar-refractivity contribution in [1.82, 2.24) is 15.1 Å². The van der Waals surface area contributed by atoms with Crippen LogP contribution in [0.5, 0.6) is 5.75 Å². The topological polar surface area (TPSA) is 87.3 Å². The second-order valence-corrected chi connectivity index (χ2v) is 5.63. The van der Waals surface area contributed by atoms with E-state index in [0.29, 0.717) is 21.6 Å². The number of carbonyl (C=O) groups is 1. The van der Waals surface area contributed by atoms with Gasteiger partial charge in [-0.2, -0.15) is 4.98 Å². The number of benzene rings is 1. The summed E-state index contributed by atoms with van der Waals surface area (Å²) in [5, 5.41) is 3.87. The quantitative estimate of drug-likeness (QED) is 0.618. The Morgan fingerprint density at radius 1 is 1.29 bits per heavy atom. The zero-order chi connectivity index (χ0) is 16.9. The van der Waals surface area contributed by atoms with Crippen molar-refractivity contribution in [3.05, 3.63) is 58.7 Å². The lowest BCUT2D eigenvalue weighted by atomic mass is 10.2. The second kappa shape index (κ2) is 7.22. The number of methoxy groups -OCH3 is 1. The van der Waals surface area contributed by atoms with Gasteiger partial charge in [-0.05, 0) is 34.1 Å². The standard InChI is InChI=1S/C16H12BrN3O4/c1-22-13-4-2-3-10(6-13)15-19-14(24-20-15)9-23-16(21)11-5-12(17)8-18-7-11/h2-8H,9H2,1H3. The van der Waals surface area contributed by atoms with E-state index in [2.05, 4.69) is 31.1 Å². The van der Waals surface area contributed by atoms with Crippen LogP contribution in [-0.2, 0) is 11.3 Å². The molecule has 1 aromatic carbocycles. The van der Waals surface area contributed by atoms with E-state index in [9.17, 15) is 4.79 Å². The van der Waals surface area contributed by atoms with Gasteiger partial charge in [0.25, 0.3) is 5.89 Å². The summed E-state index contributed by atoms with van der Waals surface area (Å²) in [5.74, 6) is 0.755. The number of hydrogen-bond acceptors (Lipinski definition) is 7. The molecule has 0 fully saturated rings. The number of ether oxygens (including phenoxy) is 2. The fourth-order valence-electron chi connectivity index (χ4n) is 1.93. The van der Waals surface area contributed by atoms with Gasteiger partial charge in [-0.1, -0.05) is 17.3 Å². The summed E-state index contributed by atoms with van der Waals surface area (Å²) in [6.45, 7) is -0.123. The second-order valence-electron chi connectivity index (χ2n) is 4.71. The van der Waals surface area contributed by atoms with Gasteiger partial charge < -0.3 is 14.0 Å². The predicted molar refractivity (Wildman–Crippen MR) is 87.3 cm³/mol. The fourth-order valence-corrected chi connectivity index (χ4v) is 2.29. The molecule has 0 aliphatic rings. The largest absolute Gasteiger partial charge is 0.497 e. The molecular formula is C16H12BrN3O4. The number of esters is 1. The molecule has 0 aliphatic carbocycles. The molecule has 2 aromatic heterocycles. The molecule has 0 radical (unpaired) electrons. The molecule has 0 saturated carbocycles. The highest BCUT2D eigenvalue weighted by molar-refractivity contribution is 9.10. The lowest BCUT2D eigenvalue weighted by molar-refractivity contribution is 0.0429. The maximum atomic E-state index is 11.9. The molecule has 0 aliphatic heterocycles. The Kier molecular flexibility index (Phi) is 4.85. The number of aromatic nitrogens is 3. The molecule has 24 heavy (non-hydrogen) atoms. The number of pyridine rings is 1. The SMILES string of the molecule is COc1cccc(-c2noc(COC(=O)c3cncc(Br)c3)n2)c1. The minimum absolute atomic E-state index is 0.123. The number of halogens is 1. The van der Waals surface area contributed by atoms with Crippen molar-refractivity contribution in [1.29, 1.82) is 0 Å². The summed E-state index contributed by atoms with van der Waals surface area (Å²) < 4.78 is 16.1. The molecule has 0 unspecified atom stereocenters. The summed E-state index contributed by atoms with van der Waals surface area (Å²) in [6.07, 6.45) is 3.00.